The Kier molecular flexibility index (Phi) is 3.93. The first-order valence-electron chi connectivity index (χ1n) is 9.82. The minimum absolute atomic E-state index is 0.222. The molecule has 1 aromatic rings. The molecule has 0 saturated heterocycles. The number of hydrogen-bond acceptors (Lipinski definition) is 0. The van der Waals surface area contributed by atoms with Crippen LogP contribution in [-0.4, -0.2) is 0 Å². The molecule has 0 aromatic heterocycles. The highest BCUT2D eigenvalue weighted by molar-refractivity contribution is 14.1. The predicted octanol–water partition coefficient (Wildman–Crippen LogP) is 7.15. The van der Waals surface area contributed by atoms with Gasteiger partial charge in [-0.25, -0.2) is 0 Å². The van der Waals surface area contributed by atoms with Crippen molar-refractivity contribution in [3.05, 3.63) is 86.6 Å². The fraction of sp³-hybridized carbons (Fsp3) is 0.360. The monoisotopic (exact) mass is 452 g/mol. The number of fused-ring (bicyclic) bond motifs is 4. The molecule has 0 amide bonds. The van der Waals surface area contributed by atoms with Crippen molar-refractivity contribution >= 4 is 28.2 Å². The van der Waals surface area contributed by atoms with Crippen molar-refractivity contribution in [1.29, 1.82) is 0 Å². The molecule has 26 heavy (non-hydrogen) atoms. The predicted molar refractivity (Wildman–Crippen MR) is 119 cm³/mol. The van der Waals surface area contributed by atoms with Crippen LogP contribution in [0.1, 0.15) is 44.2 Å². The van der Waals surface area contributed by atoms with Crippen molar-refractivity contribution in [2.24, 2.45) is 17.8 Å². The molecule has 5 rings (SSSR count). The maximum Gasteiger partial charge on any atom is 0.0162 e. The van der Waals surface area contributed by atoms with E-state index in [0.29, 0.717) is 17.8 Å². The molecule has 1 heteroatoms. The Labute approximate surface area is 170 Å². The molecule has 0 nitrogen and oxygen atoms in total. The zero-order valence-corrected chi connectivity index (χ0v) is 17.7. The van der Waals surface area contributed by atoms with Gasteiger partial charge >= 0.3 is 0 Å². The van der Waals surface area contributed by atoms with Gasteiger partial charge in [0, 0.05) is 9.50 Å². The first-order chi connectivity index (χ1) is 12.6. The first kappa shape index (κ1) is 16.8. The molecular formula is C25H25I. The van der Waals surface area contributed by atoms with E-state index >= 15 is 0 Å². The summed E-state index contributed by atoms with van der Waals surface area (Å²) < 4.78 is 1.43. The van der Waals surface area contributed by atoms with Gasteiger partial charge in [-0.1, -0.05) is 80.1 Å². The second-order valence-electron chi connectivity index (χ2n) is 8.66. The third-order valence-electron chi connectivity index (χ3n) is 7.02. The van der Waals surface area contributed by atoms with Crippen LogP contribution in [0.3, 0.4) is 0 Å². The third-order valence-corrected chi connectivity index (χ3v) is 8.01. The van der Waals surface area contributed by atoms with Gasteiger partial charge < -0.3 is 0 Å². The van der Waals surface area contributed by atoms with Crippen LogP contribution in [0.2, 0.25) is 0 Å². The SMILES string of the molecule is CC1(C)c2ccccc2C2=CC=C(C3C=CC(I)=C4C=CCC[C@@H]43)CC21. The Bertz CT molecular complexity index is 919. The normalized spacial score (nSPS) is 31.1. The summed E-state index contributed by atoms with van der Waals surface area (Å²) in [7, 11) is 0. The lowest BCUT2D eigenvalue weighted by atomic mass is 9.67. The highest BCUT2D eigenvalue weighted by Gasteiger charge is 2.44. The Hall–Kier alpha value is -1.35. The van der Waals surface area contributed by atoms with Gasteiger partial charge in [0.25, 0.3) is 0 Å². The third kappa shape index (κ3) is 2.39. The van der Waals surface area contributed by atoms with E-state index in [4.69, 9.17) is 0 Å². The van der Waals surface area contributed by atoms with E-state index in [1.807, 2.05) is 0 Å². The molecule has 0 fully saturated rings. The van der Waals surface area contributed by atoms with Crippen molar-refractivity contribution in [3.8, 4) is 0 Å². The van der Waals surface area contributed by atoms with Crippen molar-refractivity contribution in [1.82, 2.24) is 0 Å². The zero-order chi connectivity index (χ0) is 17.9. The summed E-state index contributed by atoms with van der Waals surface area (Å²) in [5.74, 6) is 1.86. The number of benzene rings is 1. The Morgan fingerprint density at radius 2 is 1.92 bits per heavy atom. The molecule has 3 atom stereocenters. The lowest BCUT2D eigenvalue weighted by Gasteiger charge is -2.38. The highest BCUT2D eigenvalue weighted by atomic mass is 127. The van der Waals surface area contributed by atoms with Gasteiger partial charge in [0.1, 0.15) is 0 Å². The standard InChI is InChI=1S/C25H25I/c1-25(2)22-10-6-5-8-19(22)20-12-11-16(15-23(20)25)17-13-14-24(26)21-9-4-3-7-18(17)21/h4-6,8-14,17-18,23H,3,7,15H2,1-2H3/t17?,18-,23?/m1/s1. The van der Waals surface area contributed by atoms with Gasteiger partial charge in [-0.2, -0.15) is 0 Å². The lowest BCUT2D eigenvalue weighted by Crippen LogP contribution is -2.28. The summed E-state index contributed by atoms with van der Waals surface area (Å²) in [4.78, 5) is 0. The van der Waals surface area contributed by atoms with Crippen molar-refractivity contribution in [2.45, 2.75) is 38.5 Å². The number of halogens is 1. The summed E-state index contributed by atoms with van der Waals surface area (Å²) in [6, 6.07) is 9.04. The fourth-order valence-electron chi connectivity index (χ4n) is 5.58. The van der Waals surface area contributed by atoms with Crippen LogP contribution in [0, 0.1) is 17.8 Å². The topological polar surface area (TPSA) is 0 Å². The van der Waals surface area contributed by atoms with Crippen LogP contribution >= 0.6 is 22.6 Å². The molecule has 4 aliphatic rings. The summed E-state index contributed by atoms with van der Waals surface area (Å²) in [6.07, 6.45) is 18.2. The van der Waals surface area contributed by atoms with Gasteiger partial charge in [0.2, 0.25) is 0 Å². The molecule has 0 radical (unpaired) electrons. The van der Waals surface area contributed by atoms with E-state index in [1.54, 1.807) is 16.7 Å². The van der Waals surface area contributed by atoms with Crippen LogP contribution in [0.15, 0.2) is 75.4 Å². The van der Waals surface area contributed by atoms with Crippen LogP contribution in [0.5, 0.6) is 0 Å². The molecule has 0 heterocycles. The van der Waals surface area contributed by atoms with Gasteiger partial charge in [-0.05, 0) is 81.4 Å². The van der Waals surface area contributed by atoms with Crippen molar-refractivity contribution in [2.75, 3.05) is 0 Å². The molecule has 0 aliphatic heterocycles. The van der Waals surface area contributed by atoms with Crippen LogP contribution < -0.4 is 0 Å². The summed E-state index contributed by atoms with van der Waals surface area (Å²) in [5.41, 5.74) is 7.99. The molecule has 4 aliphatic carbocycles. The minimum atomic E-state index is 0.222. The smallest absolute Gasteiger partial charge is 0.0162 e. The molecule has 1 aromatic carbocycles. The highest BCUT2D eigenvalue weighted by Crippen LogP contribution is 2.55. The average Bonchev–Trinajstić information content (AvgIpc) is 2.90. The first-order valence-corrected chi connectivity index (χ1v) is 10.9. The molecule has 2 unspecified atom stereocenters. The van der Waals surface area contributed by atoms with E-state index in [0.717, 1.165) is 0 Å². The number of allylic oxidation sites excluding steroid dienone is 10. The van der Waals surface area contributed by atoms with Gasteiger partial charge in [-0.15, -0.1) is 0 Å². The molecule has 0 bridgehead atoms. The largest absolute Gasteiger partial charge is 0.0842 e. The molecule has 0 saturated carbocycles. The van der Waals surface area contributed by atoms with E-state index < -0.39 is 0 Å². The second kappa shape index (κ2) is 6.09. The van der Waals surface area contributed by atoms with E-state index in [9.17, 15) is 0 Å². The van der Waals surface area contributed by atoms with E-state index in [-0.39, 0.29) is 5.41 Å². The van der Waals surface area contributed by atoms with Crippen molar-refractivity contribution < 1.29 is 0 Å². The minimum Gasteiger partial charge on any atom is -0.0842 e. The molecule has 0 spiro atoms. The number of hydrogen-bond donors (Lipinski definition) is 0. The molecule has 132 valence electrons. The maximum atomic E-state index is 2.51. The fourth-order valence-corrected chi connectivity index (χ4v) is 6.36. The van der Waals surface area contributed by atoms with Gasteiger partial charge in [-0.3, -0.25) is 0 Å². The summed E-state index contributed by atoms with van der Waals surface area (Å²) in [5, 5.41) is 0. The second-order valence-corrected chi connectivity index (χ2v) is 9.82. The van der Waals surface area contributed by atoms with E-state index in [2.05, 4.69) is 97.2 Å². The molecular weight excluding hydrogens is 427 g/mol. The Morgan fingerprint density at radius 1 is 1.08 bits per heavy atom. The quantitative estimate of drug-likeness (QED) is 0.397. The maximum absolute atomic E-state index is 2.51. The van der Waals surface area contributed by atoms with Gasteiger partial charge in [0.15, 0.2) is 0 Å². The van der Waals surface area contributed by atoms with Crippen molar-refractivity contribution in [3.63, 3.8) is 0 Å². The average molecular weight is 452 g/mol. The van der Waals surface area contributed by atoms with Crippen LogP contribution in [0.25, 0.3) is 5.57 Å². The molecule has 0 N–H and O–H groups in total. The summed E-state index contributed by atoms with van der Waals surface area (Å²) >= 11 is 2.51. The lowest BCUT2D eigenvalue weighted by molar-refractivity contribution is 0.380. The summed E-state index contributed by atoms with van der Waals surface area (Å²) in [6.45, 7) is 4.88. The van der Waals surface area contributed by atoms with E-state index in [1.165, 1.54) is 34.0 Å². The van der Waals surface area contributed by atoms with Crippen LogP contribution in [-0.2, 0) is 5.41 Å². The Morgan fingerprint density at radius 3 is 2.81 bits per heavy atom. The zero-order valence-electron chi connectivity index (χ0n) is 15.5. The number of rotatable bonds is 1. The Balaban J connectivity index is 1.53. The van der Waals surface area contributed by atoms with Crippen LogP contribution in [0.4, 0.5) is 0 Å². The van der Waals surface area contributed by atoms with Gasteiger partial charge in [0.05, 0.1) is 0 Å².